The van der Waals surface area contributed by atoms with E-state index in [-0.39, 0.29) is 11.3 Å². The third-order valence-electron chi connectivity index (χ3n) is 4.58. The van der Waals surface area contributed by atoms with Crippen LogP contribution in [-0.2, 0) is 0 Å². The molecule has 0 fully saturated rings. The van der Waals surface area contributed by atoms with E-state index in [1.165, 1.54) is 6.07 Å². The highest BCUT2D eigenvalue weighted by molar-refractivity contribution is 6.11. The highest BCUT2D eigenvalue weighted by Gasteiger charge is 2.24. The van der Waals surface area contributed by atoms with E-state index >= 15 is 0 Å². The summed E-state index contributed by atoms with van der Waals surface area (Å²) in [5, 5.41) is 25.0. The summed E-state index contributed by atoms with van der Waals surface area (Å²) >= 11 is 0. The van der Waals surface area contributed by atoms with Crippen LogP contribution in [0.3, 0.4) is 0 Å². The third kappa shape index (κ3) is 3.29. The van der Waals surface area contributed by atoms with Crippen LogP contribution in [0.1, 0.15) is 46.7 Å². The molecule has 7 nitrogen and oxygen atoms in total. The SMILES string of the molecule is CCC(O)c1c(C)oc2c(NC(=O)c3c(C)cccc3[N+](=O)[O-])cccc12. The smallest absolute Gasteiger partial charge is 0.282 e. The van der Waals surface area contributed by atoms with Crippen molar-refractivity contribution < 1.29 is 19.2 Å². The van der Waals surface area contributed by atoms with Gasteiger partial charge in [-0.25, -0.2) is 0 Å². The van der Waals surface area contributed by atoms with E-state index in [4.69, 9.17) is 4.42 Å². The number of aliphatic hydroxyl groups is 1. The summed E-state index contributed by atoms with van der Waals surface area (Å²) in [5.41, 5.74) is 1.78. The number of aliphatic hydroxyl groups excluding tert-OH is 1. The fourth-order valence-corrected chi connectivity index (χ4v) is 3.26. The second-order valence-corrected chi connectivity index (χ2v) is 6.36. The highest BCUT2D eigenvalue weighted by Crippen LogP contribution is 2.36. The maximum atomic E-state index is 12.8. The van der Waals surface area contributed by atoms with E-state index in [0.29, 0.717) is 40.0 Å². The van der Waals surface area contributed by atoms with E-state index in [1.807, 2.05) is 13.0 Å². The molecule has 27 heavy (non-hydrogen) atoms. The van der Waals surface area contributed by atoms with Crippen molar-refractivity contribution in [1.29, 1.82) is 0 Å². The average molecular weight is 368 g/mol. The molecule has 0 spiro atoms. The molecule has 0 aliphatic heterocycles. The molecule has 0 radical (unpaired) electrons. The Hall–Kier alpha value is -3.19. The number of nitrogens with zero attached hydrogens (tertiary/aromatic N) is 1. The van der Waals surface area contributed by atoms with E-state index in [0.717, 1.165) is 0 Å². The van der Waals surface area contributed by atoms with Gasteiger partial charge in [0.2, 0.25) is 0 Å². The minimum atomic E-state index is -0.672. The number of nitro benzene ring substituents is 1. The van der Waals surface area contributed by atoms with Crippen molar-refractivity contribution in [3.8, 4) is 0 Å². The first-order chi connectivity index (χ1) is 12.8. The van der Waals surface area contributed by atoms with Crippen LogP contribution in [0.15, 0.2) is 40.8 Å². The fourth-order valence-electron chi connectivity index (χ4n) is 3.26. The number of para-hydroxylation sites is 1. The van der Waals surface area contributed by atoms with Gasteiger partial charge in [-0.1, -0.05) is 31.2 Å². The van der Waals surface area contributed by atoms with Crippen LogP contribution in [-0.4, -0.2) is 15.9 Å². The topological polar surface area (TPSA) is 106 Å². The van der Waals surface area contributed by atoms with Gasteiger partial charge in [0.15, 0.2) is 5.58 Å². The first-order valence-electron chi connectivity index (χ1n) is 8.60. The van der Waals surface area contributed by atoms with E-state index < -0.39 is 16.9 Å². The minimum absolute atomic E-state index is 0.0107. The number of fused-ring (bicyclic) bond motifs is 1. The number of hydrogen-bond donors (Lipinski definition) is 2. The van der Waals surface area contributed by atoms with Gasteiger partial charge in [0.25, 0.3) is 11.6 Å². The number of carbonyl (C=O) groups is 1. The summed E-state index contributed by atoms with van der Waals surface area (Å²) in [5.74, 6) is -0.0122. The van der Waals surface area contributed by atoms with Crippen LogP contribution in [0.4, 0.5) is 11.4 Å². The van der Waals surface area contributed by atoms with Crippen molar-refractivity contribution in [3.05, 3.63) is 69.0 Å². The second-order valence-electron chi connectivity index (χ2n) is 6.36. The first-order valence-corrected chi connectivity index (χ1v) is 8.60. The molecule has 3 rings (SSSR count). The predicted octanol–water partition coefficient (Wildman–Crippen LogP) is 4.65. The lowest BCUT2D eigenvalue weighted by Gasteiger charge is -2.09. The predicted molar refractivity (Wildman–Crippen MR) is 102 cm³/mol. The Morgan fingerprint density at radius 3 is 2.63 bits per heavy atom. The molecule has 140 valence electrons. The van der Waals surface area contributed by atoms with Crippen molar-refractivity contribution in [2.24, 2.45) is 0 Å². The van der Waals surface area contributed by atoms with Gasteiger partial charge in [0.1, 0.15) is 11.3 Å². The Morgan fingerprint density at radius 1 is 1.26 bits per heavy atom. The molecule has 1 amide bonds. The van der Waals surface area contributed by atoms with Gasteiger partial charge in [-0.3, -0.25) is 14.9 Å². The molecular weight excluding hydrogens is 348 g/mol. The lowest BCUT2D eigenvalue weighted by molar-refractivity contribution is -0.385. The number of amides is 1. The molecule has 1 aromatic heterocycles. The Balaban J connectivity index is 2.06. The first kappa shape index (κ1) is 18.6. The third-order valence-corrected chi connectivity index (χ3v) is 4.58. The number of benzene rings is 2. The number of rotatable bonds is 5. The summed E-state index contributed by atoms with van der Waals surface area (Å²) < 4.78 is 5.79. The maximum absolute atomic E-state index is 12.8. The Morgan fingerprint density at radius 2 is 1.96 bits per heavy atom. The maximum Gasteiger partial charge on any atom is 0.282 e. The Labute approximate surface area is 155 Å². The fraction of sp³-hybridized carbons (Fsp3) is 0.250. The zero-order valence-corrected chi connectivity index (χ0v) is 15.3. The lowest BCUT2D eigenvalue weighted by atomic mass is 10.0. The molecule has 1 heterocycles. The second kappa shape index (κ2) is 7.20. The standard InChI is InChI=1S/C20H20N2O5/c1-4-16(23)18-12(3)27-19-13(18)8-6-9-14(19)21-20(24)17-11(2)7-5-10-15(17)22(25)26/h5-10,16,23H,4H2,1-3H3,(H,21,24). The minimum Gasteiger partial charge on any atom is -0.459 e. The Bertz CT molecular complexity index is 1040. The quantitative estimate of drug-likeness (QED) is 0.503. The van der Waals surface area contributed by atoms with Crippen molar-refractivity contribution in [1.82, 2.24) is 0 Å². The van der Waals surface area contributed by atoms with Gasteiger partial charge in [0.05, 0.1) is 16.7 Å². The molecule has 1 atom stereocenters. The molecule has 0 aliphatic rings. The number of nitrogens with one attached hydrogen (secondary N) is 1. The number of carbonyl (C=O) groups excluding carboxylic acids is 1. The van der Waals surface area contributed by atoms with Crippen molar-refractivity contribution in [2.75, 3.05) is 5.32 Å². The largest absolute Gasteiger partial charge is 0.459 e. The lowest BCUT2D eigenvalue weighted by Crippen LogP contribution is -2.15. The van der Waals surface area contributed by atoms with Crippen LogP contribution in [0.2, 0.25) is 0 Å². The molecule has 2 aromatic carbocycles. The molecule has 7 heteroatoms. The zero-order chi connectivity index (χ0) is 19.7. The molecular formula is C20H20N2O5. The van der Waals surface area contributed by atoms with E-state index in [1.54, 1.807) is 38.1 Å². The molecule has 0 aliphatic carbocycles. The summed E-state index contributed by atoms with van der Waals surface area (Å²) in [6.07, 6.45) is -0.142. The van der Waals surface area contributed by atoms with Crippen molar-refractivity contribution in [2.45, 2.75) is 33.3 Å². The monoisotopic (exact) mass is 368 g/mol. The molecule has 0 saturated heterocycles. The van der Waals surface area contributed by atoms with Crippen molar-refractivity contribution >= 4 is 28.3 Å². The molecule has 1 unspecified atom stereocenters. The summed E-state index contributed by atoms with van der Waals surface area (Å²) in [6, 6.07) is 9.70. The number of aryl methyl sites for hydroxylation is 2. The summed E-state index contributed by atoms with van der Waals surface area (Å²) in [4.78, 5) is 23.5. The molecule has 0 saturated carbocycles. The van der Waals surface area contributed by atoms with Crippen LogP contribution in [0.5, 0.6) is 0 Å². The van der Waals surface area contributed by atoms with E-state index in [9.17, 15) is 20.0 Å². The molecule has 2 N–H and O–H groups in total. The van der Waals surface area contributed by atoms with Gasteiger partial charge in [-0.2, -0.15) is 0 Å². The van der Waals surface area contributed by atoms with E-state index in [2.05, 4.69) is 5.32 Å². The molecule has 3 aromatic rings. The van der Waals surface area contributed by atoms with Gasteiger partial charge in [-0.05, 0) is 31.9 Å². The van der Waals surface area contributed by atoms with Gasteiger partial charge < -0.3 is 14.8 Å². The number of nitro groups is 1. The number of anilines is 1. The van der Waals surface area contributed by atoms with Crippen molar-refractivity contribution in [3.63, 3.8) is 0 Å². The molecule has 0 bridgehead atoms. The Kier molecular flexibility index (Phi) is 4.96. The van der Waals surface area contributed by atoms with Gasteiger partial charge >= 0.3 is 0 Å². The average Bonchev–Trinajstić information content (AvgIpc) is 2.97. The highest BCUT2D eigenvalue weighted by atomic mass is 16.6. The normalized spacial score (nSPS) is 12.1. The summed E-state index contributed by atoms with van der Waals surface area (Å²) in [7, 11) is 0. The van der Waals surface area contributed by atoms with Crippen LogP contribution in [0.25, 0.3) is 11.0 Å². The summed E-state index contributed by atoms with van der Waals surface area (Å²) in [6.45, 7) is 5.27. The van der Waals surface area contributed by atoms with Gasteiger partial charge in [0, 0.05) is 17.0 Å². The zero-order valence-electron chi connectivity index (χ0n) is 15.3. The van der Waals surface area contributed by atoms with Crippen LogP contribution in [0, 0.1) is 24.0 Å². The van der Waals surface area contributed by atoms with Crippen LogP contribution >= 0.6 is 0 Å². The number of furan rings is 1. The number of hydrogen-bond acceptors (Lipinski definition) is 5. The van der Waals surface area contributed by atoms with Gasteiger partial charge in [-0.15, -0.1) is 0 Å². The van der Waals surface area contributed by atoms with Crippen LogP contribution < -0.4 is 5.32 Å².